The Morgan fingerprint density at radius 1 is 1.19 bits per heavy atom. The first-order valence-electron chi connectivity index (χ1n) is 8.94. The van der Waals surface area contributed by atoms with Crippen molar-refractivity contribution < 1.29 is 17.9 Å². The summed E-state index contributed by atoms with van der Waals surface area (Å²) in [6.07, 6.45) is 3.38. The molecule has 8 nitrogen and oxygen atoms in total. The van der Waals surface area contributed by atoms with E-state index in [2.05, 4.69) is 5.10 Å². The van der Waals surface area contributed by atoms with Gasteiger partial charge in [0.2, 0.25) is 15.9 Å². The number of carbonyl (C=O) groups excluding carboxylic acids is 1. The summed E-state index contributed by atoms with van der Waals surface area (Å²) in [5.41, 5.74) is 0. The molecular weight excluding hydrogens is 368 g/mol. The molecule has 1 atom stereocenters. The van der Waals surface area contributed by atoms with Crippen LogP contribution in [0.5, 0.6) is 5.75 Å². The van der Waals surface area contributed by atoms with Gasteiger partial charge in [0.05, 0.1) is 11.5 Å². The van der Waals surface area contributed by atoms with Crippen LogP contribution in [-0.4, -0.2) is 66.1 Å². The van der Waals surface area contributed by atoms with Crippen LogP contribution in [0.2, 0.25) is 0 Å². The van der Waals surface area contributed by atoms with Crippen LogP contribution in [-0.2, 0) is 14.8 Å². The van der Waals surface area contributed by atoms with E-state index in [1.54, 1.807) is 59.2 Å². The lowest BCUT2D eigenvalue weighted by atomic mass is 10.2. The predicted molar refractivity (Wildman–Crippen MR) is 99.9 cm³/mol. The quantitative estimate of drug-likeness (QED) is 0.741. The Morgan fingerprint density at radius 2 is 1.85 bits per heavy atom. The van der Waals surface area contributed by atoms with Gasteiger partial charge in [-0.05, 0) is 44.2 Å². The molecule has 0 saturated carbocycles. The molecule has 1 amide bonds. The van der Waals surface area contributed by atoms with Crippen LogP contribution in [0.25, 0.3) is 0 Å². The second kappa shape index (κ2) is 8.10. The number of sulfonamides is 1. The molecule has 9 heteroatoms. The van der Waals surface area contributed by atoms with Crippen LogP contribution in [0.3, 0.4) is 0 Å². The second-order valence-electron chi connectivity index (χ2n) is 6.30. The molecule has 0 radical (unpaired) electrons. The van der Waals surface area contributed by atoms with Gasteiger partial charge >= 0.3 is 0 Å². The Hall–Kier alpha value is -2.39. The zero-order chi connectivity index (χ0) is 19.4. The number of ether oxygens (including phenoxy) is 1. The van der Waals surface area contributed by atoms with Gasteiger partial charge in [0.15, 0.2) is 0 Å². The molecule has 0 aliphatic carbocycles. The molecule has 1 aromatic heterocycles. The number of hydrogen-bond donors (Lipinski definition) is 0. The fraction of sp³-hybridized carbons (Fsp3) is 0.444. The Labute approximate surface area is 159 Å². The van der Waals surface area contributed by atoms with E-state index < -0.39 is 16.1 Å². The van der Waals surface area contributed by atoms with E-state index in [4.69, 9.17) is 4.74 Å². The van der Waals surface area contributed by atoms with Crippen molar-refractivity contribution in [2.75, 3.05) is 32.8 Å². The molecule has 0 N–H and O–H groups in total. The Morgan fingerprint density at radius 3 is 2.41 bits per heavy atom. The van der Waals surface area contributed by atoms with Crippen LogP contribution < -0.4 is 4.74 Å². The van der Waals surface area contributed by atoms with Crippen molar-refractivity contribution in [2.24, 2.45) is 0 Å². The maximum Gasteiger partial charge on any atom is 0.247 e. The molecule has 146 valence electrons. The Kier molecular flexibility index (Phi) is 5.81. The van der Waals surface area contributed by atoms with Crippen molar-refractivity contribution in [3.63, 3.8) is 0 Å². The number of rotatable bonds is 6. The molecule has 0 spiro atoms. The molecular formula is C18H24N4O4S. The highest BCUT2D eigenvalue weighted by molar-refractivity contribution is 7.89. The average molecular weight is 392 g/mol. The number of carbonyl (C=O) groups is 1. The SMILES string of the molecule is CCOc1ccc(S(=O)(=O)N2CCN(C(=O)C(C)n3cccn3)CC2)cc1. The fourth-order valence-corrected chi connectivity index (χ4v) is 4.48. The van der Waals surface area contributed by atoms with E-state index in [1.807, 2.05) is 6.92 Å². The zero-order valence-electron chi connectivity index (χ0n) is 15.5. The van der Waals surface area contributed by atoms with Crippen LogP contribution in [0.4, 0.5) is 0 Å². The molecule has 1 aromatic carbocycles. The first kappa shape index (κ1) is 19.4. The molecule has 1 saturated heterocycles. The third-order valence-corrected chi connectivity index (χ3v) is 6.51. The summed E-state index contributed by atoms with van der Waals surface area (Å²) < 4.78 is 34.0. The smallest absolute Gasteiger partial charge is 0.247 e. The van der Waals surface area contributed by atoms with Gasteiger partial charge in [-0.15, -0.1) is 0 Å². The molecule has 1 fully saturated rings. The van der Waals surface area contributed by atoms with Crippen molar-refractivity contribution in [1.82, 2.24) is 19.0 Å². The van der Waals surface area contributed by atoms with Crippen molar-refractivity contribution in [3.05, 3.63) is 42.7 Å². The zero-order valence-corrected chi connectivity index (χ0v) is 16.3. The van der Waals surface area contributed by atoms with Gasteiger partial charge in [-0.25, -0.2) is 8.42 Å². The van der Waals surface area contributed by atoms with Crippen LogP contribution in [0, 0.1) is 0 Å². The second-order valence-corrected chi connectivity index (χ2v) is 8.23. The molecule has 1 aliphatic heterocycles. The molecule has 0 bridgehead atoms. The molecule has 3 rings (SSSR count). The largest absolute Gasteiger partial charge is 0.494 e. The molecule has 1 unspecified atom stereocenters. The average Bonchev–Trinajstić information content (AvgIpc) is 3.22. The van der Waals surface area contributed by atoms with Crippen molar-refractivity contribution in [2.45, 2.75) is 24.8 Å². The summed E-state index contributed by atoms with van der Waals surface area (Å²) >= 11 is 0. The summed E-state index contributed by atoms with van der Waals surface area (Å²) in [5.74, 6) is 0.580. The third-order valence-electron chi connectivity index (χ3n) is 4.60. The molecule has 2 aromatic rings. The Bertz CT molecular complexity index is 857. The maximum atomic E-state index is 12.8. The van der Waals surface area contributed by atoms with E-state index in [0.717, 1.165) is 0 Å². The highest BCUT2D eigenvalue weighted by atomic mass is 32.2. The topological polar surface area (TPSA) is 84.7 Å². The van der Waals surface area contributed by atoms with E-state index in [1.165, 1.54) is 4.31 Å². The number of nitrogens with zero attached hydrogens (tertiary/aromatic N) is 4. The highest BCUT2D eigenvalue weighted by Crippen LogP contribution is 2.21. The summed E-state index contributed by atoms with van der Waals surface area (Å²) in [5, 5.41) is 4.10. The van der Waals surface area contributed by atoms with E-state index in [-0.39, 0.29) is 23.9 Å². The van der Waals surface area contributed by atoms with Gasteiger partial charge in [0.1, 0.15) is 11.8 Å². The molecule has 1 aliphatic rings. The monoisotopic (exact) mass is 392 g/mol. The van der Waals surface area contributed by atoms with E-state index in [9.17, 15) is 13.2 Å². The van der Waals surface area contributed by atoms with Crippen molar-refractivity contribution in [3.8, 4) is 5.75 Å². The number of hydrogen-bond acceptors (Lipinski definition) is 5. The first-order valence-corrected chi connectivity index (χ1v) is 10.4. The van der Waals surface area contributed by atoms with Crippen molar-refractivity contribution in [1.29, 1.82) is 0 Å². The van der Waals surface area contributed by atoms with E-state index >= 15 is 0 Å². The molecule has 2 heterocycles. The first-order chi connectivity index (χ1) is 12.9. The van der Waals surface area contributed by atoms with Gasteiger partial charge in [0, 0.05) is 38.6 Å². The number of amides is 1. The lowest BCUT2D eigenvalue weighted by Crippen LogP contribution is -2.51. The van der Waals surface area contributed by atoms with E-state index in [0.29, 0.717) is 25.4 Å². The van der Waals surface area contributed by atoms with Crippen molar-refractivity contribution >= 4 is 15.9 Å². The lowest BCUT2D eigenvalue weighted by Gasteiger charge is -2.35. The lowest BCUT2D eigenvalue weighted by molar-refractivity contribution is -0.135. The number of aromatic nitrogens is 2. The minimum Gasteiger partial charge on any atom is -0.494 e. The van der Waals surface area contributed by atoms with Crippen LogP contribution in [0.1, 0.15) is 19.9 Å². The summed E-state index contributed by atoms with van der Waals surface area (Å²) in [6.45, 7) is 5.46. The minimum atomic E-state index is -3.58. The summed E-state index contributed by atoms with van der Waals surface area (Å²) in [4.78, 5) is 14.5. The van der Waals surface area contributed by atoms with Gasteiger partial charge in [-0.2, -0.15) is 9.40 Å². The van der Waals surface area contributed by atoms with Gasteiger partial charge in [0.25, 0.3) is 0 Å². The normalized spacial score (nSPS) is 16.9. The van der Waals surface area contributed by atoms with Gasteiger partial charge < -0.3 is 9.64 Å². The van der Waals surface area contributed by atoms with Crippen LogP contribution in [0.15, 0.2) is 47.6 Å². The third kappa shape index (κ3) is 4.14. The number of benzene rings is 1. The van der Waals surface area contributed by atoms with Gasteiger partial charge in [-0.1, -0.05) is 0 Å². The summed E-state index contributed by atoms with van der Waals surface area (Å²) in [6, 6.07) is 7.78. The number of piperazine rings is 1. The highest BCUT2D eigenvalue weighted by Gasteiger charge is 2.31. The summed E-state index contributed by atoms with van der Waals surface area (Å²) in [7, 11) is -3.58. The minimum absolute atomic E-state index is 0.0585. The van der Waals surface area contributed by atoms with Gasteiger partial charge in [-0.3, -0.25) is 9.48 Å². The fourth-order valence-electron chi connectivity index (χ4n) is 3.06. The predicted octanol–water partition coefficient (Wildman–Crippen LogP) is 1.38. The maximum absolute atomic E-state index is 12.8. The standard InChI is InChI=1S/C18H24N4O4S/c1-3-26-16-5-7-17(8-6-16)27(24,25)21-13-11-20(12-14-21)18(23)15(2)22-10-4-9-19-22/h4-10,15H,3,11-14H2,1-2H3. The Balaban J connectivity index is 1.63. The molecule has 27 heavy (non-hydrogen) atoms. The van der Waals surface area contributed by atoms with Crippen LogP contribution >= 0.6 is 0 Å².